The molecule has 0 rings (SSSR count). The van der Waals surface area contributed by atoms with Crippen molar-refractivity contribution in [2.45, 2.75) is 264 Å². The molecule has 0 aromatic heterocycles. The monoisotopic (exact) mass is 761 g/mol. The van der Waals surface area contributed by atoms with Crippen molar-refractivity contribution in [3.8, 4) is 0 Å². The molecule has 0 spiro atoms. The number of allylic oxidation sites excluding steroid dienone is 4. The molecule has 0 amide bonds. The molecule has 318 valence electrons. The summed E-state index contributed by atoms with van der Waals surface area (Å²) in [5.41, 5.74) is 0. The van der Waals surface area contributed by atoms with Crippen molar-refractivity contribution in [3.05, 3.63) is 24.3 Å². The average Bonchev–Trinajstić information content (AvgIpc) is 3.17. The van der Waals surface area contributed by atoms with Gasteiger partial charge in [-0.15, -0.1) is 0 Å². The molecule has 0 aliphatic rings. The zero-order valence-electron chi connectivity index (χ0n) is 36.3. The van der Waals surface area contributed by atoms with E-state index in [-0.39, 0.29) is 25.2 Å². The Kier molecular flexibility index (Phi) is 44.4. The van der Waals surface area contributed by atoms with E-state index in [9.17, 15) is 14.7 Å². The summed E-state index contributed by atoms with van der Waals surface area (Å²) in [6.45, 7) is 4.15. The van der Waals surface area contributed by atoms with Gasteiger partial charge in [0.1, 0.15) is 6.61 Å². The van der Waals surface area contributed by atoms with E-state index in [1.807, 2.05) is 0 Å². The van der Waals surface area contributed by atoms with Crippen LogP contribution in [0.5, 0.6) is 0 Å². The minimum Gasteiger partial charge on any atom is -0.462 e. The van der Waals surface area contributed by atoms with Crippen LogP contribution in [0.3, 0.4) is 0 Å². The van der Waals surface area contributed by atoms with Crippen molar-refractivity contribution in [1.82, 2.24) is 0 Å². The SMILES string of the molecule is CCCCC/C=C/C/C=C/CCCCCCCCCCCC(=O)OC[C@H](CO)OC(=O)CCCCCCCCCCCCCCCCCCCCCCC. The molecule has 0 fully saturated rings. The lowest BCUT2D eigenvalue weighted by Crippen LogP contribution is -2.28. The van der Waals surface area contributed by atoms with Crippen LogP contribution in [0.4, 0.5) is 0 Å². The van der Waals surface area contributed by atoms with Crippen LogP contribution in [0.2, 0.25) is 0 Å². The standard InChI is InChI=1S/C49H92O5/c1-3-5-7-9-11-13-15-17-19-21-23-24-26-28-30-32-34-36-38-40-42-44-49(52)54-47(45-50)46-53-48(51)43-41-39-37-35-33-31-29-27-25-22-20-18-16-14-12-10-8-6-4-2/h12,14,18,20,47,50H,3-11,13,15-17,19,21-46H2,1-2H3/b14-12+,20-18+/t47-/m0/s1. The molecule has 0 aromatic carbocycles. The van der Waals surface area contributed by atoms with Crippen molar-refractivity contribution in [1.29, 1.82) is 0 Å². The van der Waals surface area contributed by atoms with E-state index >= 15 is 0 Å². The lowest BCUT2D eigenvalue weighted by atomic mass is 10.0. The number of ether oxygens (including phenoxy) is 2. The number of rotatable bonds is 44. The highest BCUT2D eigenvalue weighted by Gasteiger charge is 2.16. The summed E-state index contributed by atoms with van der Waals surface area (Å²) in [6, 6.07) is 0. The van der Waals surface area contributed by atoms with Crippen molar-refractivity contribution < 1.29 is 24.2 Å². The lowest BCUT2D eigenvalue weighted by Gasteiger charge is -2.15. The number of hydrogen-bond donors (Lipinski definition) is 1. The molecular weight excluding hydrogens is 669 g/mol. The Labute approximate surface area is 336 Å². The van der Waals surface area contributed by atoms with Crippen molar-refractivity contribution in [2.75, 3.05) is 13.2 Å². The van der Waals surface area contributed by atoms with Gasteiger partial charge in [0, 0.05) is 12.8 Å². The molecule has 0 radical (unpaired) electrons. The summed E-state index contributed by atoms with van der Waals surface area (Å²) < 4.78 is 10.7. The number of carbonyl (C=O) groups excluding carboxylic acids is 2. The van der Waals surface area contributed by atoms with Gasteiger partial charge in [-0.25, -0.2) is 0 Å². The first-order valence-electron chi connectivity index (χ1n) is 23.9. The van der Waals surface area contributed by atoms with Crippen LogP contribution in [0.15, 0.2) is 24.3 Å². The molecule has 1 atom stereocenters. The first-order chi connectivity index (χ1) is 26.6. The van der Waals surface area contributed by atoms with Gasteiger partial charge in [-0.2, -0.15) is 0 Å². The normalized spacial score (nSPS) is 12.3. The summed E-state index contributed by atoms with van der Waals surface area (Å²) >= 11 is 0. The molecule has 5 nitrogen and oxygen atoms in total. The van der Waals surface area contributed by atoms with Gasteiger partial charge in [-0.1, -0.05) is 224 Å². The van der Waals surface area contributed by atoms with E-state index in [4.69, 9.17) is 9.47 Å². The minimum absolute atomic E-state index is 0.0631. The fourth-order valence-corrected chi connectivity index (χ4v) is 7.12. The number of aliphatic hydroxyl groups is 1. The van der Waals surface area contributed by atoms with Crippen molar-refractivity contribution in [2.24, 2.45) is 0 Å². The van der Waals surface area contributed by atoms with Crippen LogP contribution in [0.1, 0.15) is 258 Å². The van der Waals surface area contributed by atoms with E-state index in [2.05, 4.69) is 38.2 Å². The second kappa shape index (κ2) is 45.8. The summed E-state index contributed by atoms with van der Waals surface area (Å²) in [5.74, 6) is -0.581. The molecule has 0 saturated heterocycles. The smallest absolute Gasteiger partial charge is 0.306 e. The van der Waals surface area contributed by atoms with Gasteiger partial charge < -0.3 is 14.6 Å². The maximum atomic E-state index is 12.2. The first kappa shape index (κ1) is 52.4. The van der Waals surface area contributed by atoms with Gasteiger partial charge in [0.15, 0.2) is 6.10 Å². The number of carbonyl (C=O) groups is 2. The zero-order chi connectivity index (χ0) is 39.3. The maximum Gasteiger partial charge on any atom is 0.306 e. The van der Waals surface area contributed by atoms with Gasteiger partial charge in [0.2, 0.25) is 0 Å². The van der Waals surface area contributed by atoms with Gasteiger partial charge in [0.25, 0.3) is 0 Å². The Morgan fingerprint density at radius 3 is 1.13 bits per heavy atom. The summed E-state index contributed by atoms with van der Waals surface area (Å²) in [6.07, 6.45) is 55.4. The molecule has 0 unspecified atom stereocenters. The Bertz CT molecular complexity index is 821. The number of aliphatic hydroxyl groups excluding tert-OH is 1. The predicted molar refractivity (Wildman–Crippen MR) is 233 cm³/mol. The number of unbranched alkanes of at least 4 members (excludes halogenated alkanes) is 32. The highest BCUT2D eigenvalue weighted by molar-refractivity contribution is 5.70. The van der Waals surface area contributed by atoms with E-state index in [0.29, 0.717) is 12.8 Å². The maximum absolute atomic E-state index is 12.2. The first-order valence-corrected chi connectivity index (χ1v) is 23.9. The number of hydrogen-bond acceptors (Lipinski definition) is 5. The lowest BCUT2D eigenvalue weighted by molar-refractivity contribution is -0.161. The fraction of sp³-hybridized carbons (Fsp3) is 0.878. The second-order valence-electron chi connectivity index (χ2n) is 16.2. The van der Waals surface area contributed by atoms with E-state index in [1.54, 1.807) is 0 Å². The van der Waals surface area contributed by atoms with E-state index in [0.717, 1.165) is 44.9 Å². The van der Waals surface area contributed by atoms with Crippen LogP contribution in [0, 0.1) is 0 Å². The van der Waals surface area contributed by atoms with Crippen molar-refractivity contribution >= 4 is 11.9 Å². The Hall–Kier alpha value is -1.62. The van der Waals surface area contributed by atoms with Crippen molar-refractivity contribution in [3.63, 3.8) is 0 Å². The van der Waals surface area contributed by atoms with Crippen LogP contribution in [-0.2, 0) is 19.1 Å². The molecule has 0 aliphatic carbocycles. The molecule has 0 heterocycles. The minimum atomic E-state index is -0.769. The Morgan fingerprint density at radius 2 is 0.741 bits per heavy atom. The molecular formula is C49H92O5. The summed E-state index contributed by atoms with van der Waals surface area (Å²) in [4.78, 5) is 24.4. The van der Waals surface area contributed by atoms with Gasteiger partial charge in [-0.3, -0.25) is 9.59 Å². The van der Waals surface area contributed by atoms with Crippen LogP contribution >= 0.6 is 0 Å². The highest BCUT2D eigenvalue weighted by atomic mass is 16.6. The fourth-order valence-electron chi connectivity index (χ4n) is 7.12. The summed E-state index contributed by atoms with van der Waals surface area (Å²) in [5, 5.41) is 9.61. The van der Waals surface area contributed by atoms with Crippen LogP contribution in [0.25, 0.3) is 0 Å². The van der Waals surface area contributed by atoms with Crippen LogP contribution < -0.4 is 0 Å². The summed E-state index contributed by atoms with van der Waals surface area (Å²) in [7, 11) is 0. The highest BCUT2D eigenvalue weighted by Crippen LogP contribution is 2.16. The average molecular weight is 761 g/mol. The molecule has 0 aliphatic heterocycles. The zero-order valence-corrected chi connectivity index (χ0v) is 36.3. The van der Waals surface area contributed by atoms with Gasteiger partial charge in [-0.05, 0) is 44.9 Å². The molecule has 0 bridgehead atoms. The Morgan fingerprint density at radius 1 is 0.426 bits per heavy atom. The number of esters is 2. The molecule has 5 heteroatoms. The third kappa shape index (κ3) is 43.1. The van der Waals surface area contributed by atoms with E-state index in [1.165, 1.54) is 186 Å². The van der Waals surface area contributed by atoms with Crippen LogP contribution in [-0.4, -0.2) is 36.4 Å². The Balaban J connectivity index is 3.47. The predicted octanol–water partition coefficient (Wildman–Crippen LogP) is 15.4. The molecule has 54 heavy (non-hydrogen) atoms. The van der Waals surface area contributed by atoms with Gasteiger partial charge >= 0.3 is 11.9 Å². The molecule has 1 N–H and O–H groups in total. The van der Waals surface area contributed by atoms with E-state index < -0.39 is 6.10 Å². The third-order valence-corrected chi connectivity index (χ3v) is 10.7. The largest absolute Gasteiger partial charge is 0.462 e. The third-order valence-electron chi connectivity index (χ3n) is 10.7. The molecule has 0 saturated carbocycles. The topological polar surface area (TPSA) is 72.8 Å². The molecule has 0 aromatic rings. The quantitative estimate of drug-likeness (QED) is 0.0380. The second-order valence-corrected chi connectivity index (χ2v) is 16.2. The van der Waals surface area contributed by atoms with Gasteiger partial charge in [0.05, 0.1) is 6.61 Å².